The van der Waals surface area contributed by atoms with Crippen LogP contribution in [-0.2, 0) is 22.6 Å². The first-order valence-corrected chi connectivity index (χ1v) is 7.34. The predicted octanol–water partition coefficient (Wildman–Crippen LogP) is 2.44. The van der Waals surface area contributed by atoms with Crippen molar-refractivity contribution in [3.63, 3.8) is 0 Å². The molecule has 0 fully saturated rings. The zero-order valence-electron chi connectivity index (χ0n) is 12.9. The summed E-state index contributed by atoms with van der Waals surface area (Å²) in [6, 6.07) is 0. The SMILES string of the molecule is CC(C)C(=O)CCCCc1cn(CC(=O)C(C)C)nn1. The van der Waals surface area contributed by atoms with Gasteiger partial charge in [0.2, 0.25) is 0 Å². The first-order valence-electron chi connectivity index (χ1n) is 7.34. The largest absolute Gasteiger partial charge is 0.299 e. The first-order chi connectivity index (χ1) is 9.40. The van der Waals surface area contributed by atoms with E-state index in [4.69, 9.17) is 0 Å². The molecule has 0 unspecified atom stereocenters. The number of ketones is 2. The lowest BCUT2D eigenvalue weighted by Gasteiger charge is -2.03. The van der Waals surface area contributed by atoms with Crippen LogP contribution in [0.5, 0.6) is 0 Å². The average molecular weight is 279 g/mol. The number of carbonyl (C=O) groups excluding carboxylic acids is 2. The molecular formula is C15H25N3O2. The van der Waals surface area contributed by atoms with Gasteiger partial charge in [-0.05, 0) is 19.3 Å². The molecule has 20 heavy (non-hydrogen) atoms. The van der Waals surface area contributed by atoms with Gasteiger partial charge in [-0.1, -0.05) is 32.9 Å². The van der Waals surface area contributed by atoms with Crippen molar-refractivity contribution in [2.75, 3.05) is 0 Å². The van der Waals surface area contributed by atoms with E-state index in [1.54, 1.807) is 4.68 Å². The molecule has 0 saturated heterocycles. The van der Waals surface area contributed by atoms with Gasteiger partial charge >= 0.3 is 0 Å². The summed E-state index contributed by atoms with van der Waals surface area (Å²) in [5, 5.41) is 8.02. The highest BCUT2D eigenvalue weighted by Crippen LogP contribution is 2.08. The number of aryl methyl sites for hydroxylation is 1. The standard InChI is InChI=1S/C15H25N3O2/c1-11(2)14(19)8-6-5-7-13-9-18(17-16-13)10-15(20)12(3)4/h9,11-12H,5-8,10H2,1-4H3. The lowest BCUT2D eigenvalue weighted by Crippen LogP contribution is -2.15. The van der Waals surface area contributed by atoms with Gasteiger partial charge in [0.15, 0.2) is 5.78 Å². The Bertz CT molecular complexity index is 450. The molecule has 0 aliphatic carbocycles. The fourth-order valence-electron chi connectivity index (χ4n) is 1.77. The van der Waals surface area contributed by atoms with Crippen LogP contribution in [0.4, 0.5) is 0 Å². The van der Waals surface area contributed by atoms with Crippen LogP contribution in [0.2, 0.25) is 0 Å². The number of hydrogen-bond acceptors (Lipinski definition) is 4. The summed E-state index contributed by atoms with van der Waals surface area (Å²) in [4.78, 5) is 23.1. The van der Waals surface area contributed by atoms with Crippen LogP contribution in [0, 0.1) is 11.8 Å². The van der Waals surface area contributed by atoms with E-state index < -0.39 is 0 Å². The lowest BCUT2D eigenvalue weighted by molar-refractivity contribution is -0.123. The van der Waals surface area contributed by atoms with Crippen LogP contribution in [0.1, 0.15) is 52.7 Å². The summed E-state index contributed by atoms with van der Waals surface area (Å²) in [5.74, 6) is 0.614. The molecule has 5 nitrogen and oxygen atoms in total. The fraction of sp³-hybridized carbons (Fsp3) is 0.733. The van der Waals surface area contributed by atoms with Crippen molar-refractivity contribution in [1.82, 2.24) is 15.0 Å². The van der Waals surface area contributed by atoms with E-state index in [-0.39, 0.29) is 24.2 Å². The lowest BCUT2D eigenvalue weighted by atomic mass is 10.0. The number of hydrogen-bond donors (Lipinski definition) is 0. The Hall–Kier alpha value is -1.52. The fourth-order valence-corrected chi connectivity index (χ4v) is 1.77. The minimum absolute atomic E-state index is 0.0182. The van der Waals surface area contributed by atoms with Gasteiger partial charge in [-0.3, -0.25) is 9.59 Å². The Morgan fingerprint density at radius 2 is 1.75 bits per heavy atom. The zero-order chi connectivity index (χ0) is 15.1. The molecule has 112 valence electrons. The molecule has 0 saturated carbocycles. The van der Waals surface area contributed by atoms with Crippen LogP contribution in [0.25, 0.3) is 0 Å². The quantitative estimate of drug-likeness (QED) is 0.651. The molecule has 0 amide bonds. The summed E-state index contributed by atoms with van der Waals surface area (Å²) in [6.07, 6.45) is 5.08. The van der Waals surface area contributed by atoms with Crippen molar-refractivity contribution >= 4 is 11.6 Å². The van der Waals surface area contributed by atoms with Gasteiger partial charge in [-0.2, -0.15) is 0 Å². The maximum absolute atomic E-state index is 11.6. The third-order valence-electron chi connectivity index (χ3n) is 3.30. The molecule has 1 aromatic rings. The maximum Gasteiger partial charge on any atom is 0.156 e. The van der Waals surface area contributed by atoms with E-state index in [0.717, 1.165) is 25.0 Å². The molecule has 0 aliphatic heterocycles. The van der Waals surface area contributed by atoms with Gasteiger partial charge in [0, 0.05) is 24.5 Å². The molecule has 0 aromatic carbocycles. The molecule has 0 N–H and O–H groups in total. The third kappa shape index (κ3) is 5.63. The normalized spacial score (nSPS) is 11.3. The molecule has 1 heterocycles. The highest BCUT2D eigenvalue weighted by molar-refractivity contribution is 5.80. The van der Waals surface area contributed by atoms with Gasteiger partial charge in [0.25, 0.3) is 0 Å². The molecular weight excluding hydrogens is 254 g/mol. The molecule has 5 heteroatoms. The minimum atomic E-state index is 0.0182. The second-order valence-electron chi connectivity index (χ2n) is 5.86. The minimum Gasteiger partial charge on any atom is -0.299 e. The second-order valence-corrected chi connectivity index (χ2v) is 5.86. The number of Topliss-reactive ketones (excluding diaryl/α,β-unsaturated/α-hetero) is 2. The molecule has 0 bridgehead atoms. The Morgan fingerprint density at radius 1 is 1.10 bits per heavy atom. The van der Waals surface area contributed by atoms with Crippen molar-refractivity contribution in [3.8, 4) is 0 Å². The Morgan fingerprint density at radius 3 is 2.35 bits per heavy atom. The summed E-state index contributed by atoms with van der Waals surface area (Å²) in [7, 11) is 0. The summed E-state index contributed by atoms with van der Waals surface area (Å²) < 4.78 is 1.59. The number of rotatable bonds is 9. The van der Waals surface area contributed by atoms with Gasteiger partial charge in [0.1, 0.15) is 12.3 Å². The highest BCUT2D eigenvalue weighted by Gasteiger charge is 2.10. The van der Waals surface area contributed by atoms with Crippen LogP contribution in [-0.4, -0.2) is 26.6 Å². The van der Waals surface area contributed by atoms with E-state index in [0.29, 0.717) is 12.2 Å². The van der Waals surface area contributed by atoms with Crippen LogP contribution >= 0.6 is 0 Å². The predicted molar refractivity (Wildman–Crippen MR) is 77.3 cm³/mol. The van der Waals surface area contributed by atoms with Crippen LogP contribution in [0.3, 0.4) is 0 Å². The Balaban J connectivity index is 2.30. The summed E-state index contributed by atoms with van der Waals surface area (Å²) in [5.41, 5.74) is 0.888. The molecule has 0 atom stereocenters. The van der Waals surface area contributed by atoms with Gasteiger partial charge in [-0.25, -0.2) is 4.68 Å². The molecule has 0 radical (unpaired) electrons. The topological polar surface area (TPSA) is 64.8 Å². The second kappa shape index (κ2) is 7.92. The summed E-state index contributed by atoms with van der Waals surface area (Å²) >= 11 is 0. The van der Waals surface area contributed by atoms with E-state index in [1.807, 2.05) is 33.9 Å². The van der Waals surface area contributed by atoms with Crippen molar-refractivity contribution in [1.29, 1.82) is 0 Å². The van der Waals surface area contributed by atoms with Crippen molar-refractivity contribution < 1.29 is 9.59 Å². The Labute approximate surface area is 120 Å². The van der Waals surface area contributed by atoms with E-state index >= 15 is 0 Å². The van der Waals surface area contributed by atoms with Gasteiger partial charge in [-0.15, -0.1) is 5.10 Å². The highest BCUT2D eigenvalue weighted by atomic mass is 16.1. The van der Waals surface area contributed by atoms with Crippen LogP contribution < -0.4 is 0 Å². The monoisotopic (exact) mass is 279 g/mol. The maximum atomic E-state index is 11.6. The third-order valence-corrected chi connectivity index (χ3v) is 3.30. The van der Waals surface area contributed by atoms with Crippen molar-refractivity contribution in [2.45, 2.75) is 59.9 Å². The molecule has 1 aromatic heterocycles. The van der Waals surface area contributed by atoms with Crippen molar-refractivity contribution in [2.24, 2.45) is 11.8 Å². The number of unbranched alkanes of at least 4 members (excludes halogenated alkanes) is 1. The number of nitrogens with zero attached hydrogens (tertiary/aromatic N) is 3. The van der Waals surface area contributed by atoms with Gasteiger partial charge in [0.05, 0.1) is 5.69 Å². The van der Waals surface area contributed by atoms with E-state index in [1.165, 1.54) is 0 Å². The Kier molecular flexibility index (Phi) is 6.55. The molecule has 0 spiro atoms. The van der Waals surface area contributed by atoms with E-state index in [9.17, 15) is 9.59 Å². The first kappa shape index (κ1) is 16.5. The number of carbonyl (C=O) groups is 2. The smallest absolute Gasteiger partial charge is 0.156 e. The van der Waals surface area contributed by atoms with Gasteiger partial charge < -0.3 is 0 Å². The number of aromatic nitrogens is 3. The zero-order valence-corrected chi connectivity index (χ0v) is 12.9. The average Bonchev–Trinajstić information content (AvgIpc) is 2.81. The molecule has 0 aliphatic rings. The van der Waals surface area contributed by atoms with E-state index in [2.05, 4.69) is 10.3 Å². The van der Waals surface area contributed by atoms with Crippen molar-refractivity contribution in [3.05, 3.63) is 11.9 Å². The summed E-state index contributed by atoms with van der Waals surface area (Å²) in [6.45, 7) is 7.91. The van der Waals surface area contributed by atoms with Crippen LogP contribution in [0.15, 0.2) is 6.20 Å². The molecule has 1 rings (SSSR count).